The number of aryl methyl sites for hydroxylation is 1. The lowest BCUT2D eigenvalue weighted by Crippen LogP contribution is -2.39. The third-order valence-electron chi connectivity index (χ3n) is 5.23. The number of carbonyl (C=O) groups excluding carboxylic acids is 1. The Morgan fingerprint density at radius 1 is 0.833 bits per heavy atom. The maximum absolute atomic E-state index is 13.0. The molecule has 1 N–H and O–H groups in total. The average Bonchev–Trinajstić information content (AvgIpc) is 2.73. The second-order valence-electron chi connectivity index (χ2n) is 8.80. The summed E-state index contributed by atoms with van der Waals surface area (Å²) in [5, 5.41) is 3.16. The summed E-state index contributed by atoms with van der Waals surface area (Å²) in [4.78, 5) is 13.0. The first-order valence-corrected chi connectivity index (χ1v) is 10.4. The largest absolute Gasteiger partial charge is 0.481 e. The molecule has 156 valence electrons. The maximum Gasteiger partial charge on any atom is 0.261 e. The Labute approximate surface area is 180 Å². The van der Waals surface area contributed by atoms with Gasteiger partial charge in [0, 0.05) is 0 Å². The van der Waals surface area contributed by atoms with Gasteiger partial charge in [0.25, 0.3) is 5.91 Å². The van der Waals surface area contributed by atoms with Gasteiger partial charge in [-0.25, -0.2) is 0 Å². The SMILES string of the molecule is Cc1ccc([C@H](NC(=O)[C@H](C)Oc2ccc(C(C)(C)C)cc2)c2ccccc2)cc1. The lowest BCUT2D eigenvalue weighted by atomic mass is 9.87. The highest BCUT2D eigenvalue weighted by Crippen LogP contribution is 2.25. The molecule has 0 heterocycles. The molecule has 0 aliphatic heterocycles. The van der Waals surface area contributed by atoms with Gasteiger partial charge in [0.2, 0.25) is 0 Å². The highest BCUT2D eigenvalue weighted by Gasteiger charge is 2.22. The Morgan fingerprint density at radius 3 is 1.97 bits per heavy atom. The average molecular weight is 402 g/mol. The van der Waals surface area contributed by atoms with E-state index in [1.54, 1.807) is 6.92 Å². The van der Waals surface area contributed by atoms with Gasteiger partial charge < -0.3 is 10.1 Å². The summed E-state index contributed by atoms with van der Waals surface area (Å²) in [6.07, 6.45) is -0.609. The standard InChI is InChI=1S/C27H31NO2/c1-19-11-13-22(14-12-19)25(21-9-7-6-8-10-21)28-26(29)20(2)30-24-17-15-23(16-18-24)27(3,4)5/h6-18,20,25H,1-5H3,(H,28,29)/t20-,25+/m0/s1. The van der Waals surface area contributed by atoms with Crippen molar-refractivity contribution in [2.45, 2.75) is 52.2 Å². The van der Waals surface area contributed by atoms with Gasteiger partial charge in [-0.3, -0.25) is 4.79 Å². The minimum atomic E-state index is -0.609. The lowest BCUT2D eigenvalue weighted by Gasteiger charge is -2.23. The van der Waals surface area contributed by atoms with Gasteiger partial charge in [0.15, 0.2) is 6.10 Å². The molecule has 30 heavy (non-hydrogen) atoms. The molecule has 0 radical (unpaired) electrons. The van der Waals surface area contributed by atoms with Gasteiger partial charge in [-0.15, -0.1) is 0 Å². The molecule has 0 saturated carbocycles. The van der Waals surface area contributed by atoms with E-state index in [2.05, 4.69) is 69.4 Å². The summed E-state index contributed by atoms with van der Waals surface area (Å²) in [6, 6.07) is 26.0. The topological polar surface area (TPSA) is 38.3 Å². The number of benzene rings is 3. The molecule has 3 rings (SSSR count). The zero-order chi connectivity index (χ0) is 21.7. The van der Waals surface area contributed by atoms with Crippen LogP contribution in [0.1, 0.15) is 56.0 Å². The van der Waals surface area contributed by atoms with Gasteiger partial charge in [0.1, 0.15) is 5.75 Å². The number of nitrogens with one attached hydrogen (secondary N) is 1. The van der Waals surface area contributed by atoms with Crippen LogP contribution in [0.4, 0.5) is 0 Å². The molecule has 0 saturated heterocycles. The molecule has 0 aliphatic carbocycles. The Kier molecular flexibility index (Phi) is 6.61. The molecule has 2 atom stereocenters. The molecule has 0 fully saturated rings. The highest BCUT2D eigenvalue weighted by atomic mass is 16.5. The second-order valence-corrected chi connectivity index (χ2v) is 8.80. The van der Waals surface area contributed by atoms with Gasteiger partial charge in [-0.2, -0.15) is 0 Å². The van der Waals surface area contributed by atoms with Crippen LogP contribution in [0.15, 0.2) is 78.9 Å². The first-order chi connectivity index (χ1) is 14.2. The number of hydrogen-bond donors (Lipinski definition) is 1. The molecule has 0 unspecified atom stereocenters. The van der Waals surface area contributed by atoms with Crippen molar-refractivity contribution in [3.63, 3.8) is 0 Å². The molecule has 3 aromatic rings. The van der Waals surface area contributed by atoms with E-state index in [1.807, 2.05) is 42.5 Å². The summed E-state index contributed by atoms with van der Waals surface area (Å²) >= 11 is 0. The Balaban J connectivity index is 1.74. The van der Waals surface area contributed by atoms with Crippen molar-refractivity contribution in [1.29, 1.82) is 0 Å². The maximum atomic E-state index is 13.0. The summed E-state index contributed by atoms with van der Waals surface area (Å²) in [7, 11) is 0. The van der Waals surface area contributed by atoms with Crippen LogP contribution in [0.5, 0.6) is 5.75 Å². The molecule has 3 nitrogen and oxygen atoms in total. The molecule has 0 bridgehead atoms. The Hall–Kier alpha value is -3.07. The van der Waals surface area contributed by atoms with Crippen LogP contribution in [-0.4, -0.2) is 12.0 Å². The molecule has 3 aromatic carbocycles. The zero-order valence-electron chi connectivity index (χ0n) is 18.5. The van der Waals surface area contributed by atoms with Crippen LogP contribution in [0.2, 0.25) is 0 Å². The minimum Gasteiger partial charge on any atom is -0.481 e. The van der Waals surface area contributed by atoms with Crippen LogP contribution >= 0.6 is 0 Å². The van der Waals surface area contributed by atoms with Gasteiger partial charge in [-0.05, 0) is 48.1 Å². The first-order valence-electron chi connectivity index (χ1n) is 10.4. The van der Waals surface area contributed by atoms with Crippen LogP contribution < -0.4 is 10.1 Å². The molecular weight excluding hydrogens is 370 g/mol. The fraction of sp³-hybridized carbons (Fsp3) is 0.296. The summed E-state index contributed by atoms with van der Waals surface area (Å²) in [5.74, 6) is 0.543. The van der Waals surface area contributed by atoms with Crippen molar-refractivity contribution >= 4 is 5.91 Å². The van der Waals surface area contributed by atoms with E-state index < -0.39 is 6.10 Å². The number of carbonyl (C=O) groups is 1. The molecule has 0 aliphatic rings. The number of ether oxygens (including phenoxy) is 1. The molecular formula is C27H31NO2. The van der Waals surface area contributed by atoms with E-state index in [0.717, 1.165) is 11.1 Å². The van der Waals surface area contributed by atoms with E-state index >= 15 is 0 Å². The normalized spacial score (nSPS) is 13.4. The van der Waals surface area contributed by atoms with Crippen LogP contribution in [-0.2, 0) is 10.2 Å². The van der Waals surface area contributed by atoms with Crippen molar-refractivity contribution < 1.29 is 9.53 Å². The van der Waals surface area contributed by atoms with E-state index in [9.17, 15) is 4.79 Å². The molecule has 0 aromatic heterocycles. The molecule has 0 spiro atoms. The Bertz CT molecular complexity index is 954. The van der Waals surface area contributed by atoms with Gasteiger partial charge in [-0.1, -0.05) is 93.1 Å². The fourth-order valence-corrected chi connectivity index (χ4v) is 3.31. The lowest BCUT2D eigenvalue weighted by molar-refractivity contribution is -0.127. The van der Waals surface area contributed by atoms with E-state index in [4.69, 9.17) is 4.74 Å². The summed E-state index contributed by atoms with van der Waals surface area (Å²) < 4.78 is 5.92. The van der Waals surface area contributed by atoms with Crippen molar-refractivity contribution in [2.24, 2.45) is 0 Å². The second kappa shape index (κ2) is 9.17. The molecule has 3 heteroatoms. The molecule has 1 amide bonds. The van der Waals surface area contributed by atoms with Crippen LogP contribution in [0, 0.1) is 6.92 Å². The zero-order valence-corrected chi connectivity index (χ0v) is 18.5. The third kappa shape index (κ3) is 5.50. The highest BCUT2D eigenvalue weighted by molar-refractivity contribution is 5.81. The van der Waals surface area contributed by atoms with Gasteiger partial charge in [0.05, 0.1) is 6.04 Å². The van der Waals surface area contributed by atoms with Crippen LogP contribution in [0.25, 0.3) is 0 Å². The van der Waals surface area contributed by atoms with Crippen molar-refractivity contribution in [2.75, 3.05) is 0 Å². The Morgan fingerprint density at radius 2 is 1.40 bits per heavy atom. The van der Waals surface area contributed by atoms with Gasteiger partial charge >= 0.3 is 0 Å². The van der Waals surface area contributed by atoms with E-state index in [0.29, 0.717) is 5.75 Å². The van der Waals surface area contributed by atoms with Crippen LogP contribution in [0.3, 0.4) is 0 Å². The number of hydrogen-bond acceptors (Lipinski definition) is 2. The quantitative estimate of drug-likeness (QED) is 0.553. The number of amides is 1. The minimum absolute atomic E-state index is 0.0818. The third-order valence-corrected chi connectivity index (χ3v) is 5.23. The summed E-state index contributed by atoms with van der Waals surface area (Å²) in [6.45, 7) is 10.4. The predicted octanol–water partition coefficient (Wildman–Crippen LogP) is 5.97. The fourth-order valence-electron chi connectivity index (χ4n) is 3.31. The first kappa shape index (κ1) is 21.6. The van der Waals surface area contributed by atoms with Crippen molar-refractivity contribution in [1.82, 2.24) is 5.32 Å². The van der Waals surface area contributed by atoms with Crippen molar-refractivity contribution in [3.8, 4) is 5.75 Å². The van der Waals surface area contributed by atoms with E-state index in [-0.39, 0.29) is 17.4 Å². The smallest absolute Gasteiger partial charge is 0.261 e. The monoisotopic (exact) mass is 401 g/mol. The summed E-state index contributed by atoms with van der Waals surface area (Å²) in [5.41, 5.74) is 4.58. The predicted molar refractivity (Wildman–Crippen MR) is 123 cm³/mol. The van der Waals surface area contributed by atoms with Crippen molar-refractivity contribution in [3.05, 3.63) is 101 Å². The number of rotatable bonds is 6. The van der Waals surface area contributed by atoms with E-state index in [1.165, 1.54) is 11.1 Å².